The molecule has 3 aromatic rings. The molecule has 0 bridgehead atoms. The molecule has 0 aliphatic heterocycles. The van der Waals surface area contributed by atoms with E-state index in [9.17, 15) is 18.0 Å². The molecule has 114 valence electrons. The molecule has 0 radical (unpaired) electrons. The number of aromatic amines is 1. The predicted octanol–water partition coefficient (Wildman–Crippen LogP) is 3.90. The van der Waals surface area contributed by atoms with Gasteiger partial charge in [-0.25, -0.2) is 14.8 Å². The molecule has 0 atom stereocenters. The summed E-state index contributed by atoms with van der Waals surface area (Å²) in [5, 5.41) is -0.582. The van der Waals surface area contributed by atoms with Crippen LogP contribution in [0.25, 0.3) is 22.4 Å². The van der Waals surface area contributed by atoms with Crippen molar-refractivity contribution in [3.05, 3.63) is 44.7 Å². The van der Waals surface area contributed by atoms with Crippen LogP contribution in [0.3, 0.4) is 0 Å². The summed E-state index contributed by atoms with van der Waals surface area (Å²) in [6, 6.07) is 2.88. The number of fused-ring (bicyclic) bond motifs is 1. The van der Waals surface area contributed by atoms with Crippen LogP contribution in [0.4, 0.5) is 13.2 Å². The number of oxazole rings is 1. The van der Waals surface area contributed by atoms with Crippen molar-refractivity contribution in [1.29, 1.82) is 0 Å². The van der Waals surface area contributed by atoms with Gasteiger partial charge >= 0.3 is 11.9 Å². The van der Waals surface area contributed by atoms with Crippen LogP contribution in [-0.2, 0) is 6.18 Å². The topological polar surface area (TPSA) is 71.8 Å². The highest BCUT2D eigenvalue weighted by molar-refractivity contribution is 6.35. The van der Waals surface area contributed by atoms with E-state index in [-0.39, 0.29) is 27.4 Å². The van der Waals surface area contributed by atoms with Crippen molar-refractivity contribution in [2.24, 2.45) is 0 Å². The third-order valence-corrected chi connectivity index (χ3v) is 3.38. The second-order valence-electron chi connectivity index (χ2n) is 4.21. The Labute approximate surface area is 129 Å². The zero-order chi connectivity index (χ0) is 16.1. The molecule has 1 aromatic carbocycles. The van der Waals surface area contributed by atoms with E-state index < -0.39 is 22.8 Å². The number of benzene rings is 1. The highest BCUT2D eigenvalue weighted by Crippen LogP contribution is 2.35. The second-order valence-corrected chi connectivity index (χ2v) is 4.97. The van der Waals surface area contributed by atoms with Gasteiger partial charge in [0.1, 0.15) is 5.52 Å². The molecule has 0 amide bonds. The van der Waals surface area contributed by atoms with Crippen LogP contribution >= 0.6 is 23.2 Å². The predicted molar refractivity (Wildman–Crippen MR) is 72.9 cm³/mol. The Hall–Kier alpha value is -2.06. The maximum Gasteiger partial charge on any atom is 0.436 e. The van der Waals surface area contributed by atoms with Crippen molar-refractivity contribution in [2.75, 3.05) is 0 Å². The van der Waals surface area contributed by atoms with Crippen LogP contribution in [0.1, 0.15) is 5.69 Å². The number of hydrogen-bond donors (Lipinski definition) is 1. The fourth-order valence-corrected chi connectivity index (χ4v) is 2.33. The molecule has 0 aliphatic rings. The number of hydrogen-bond acceptors (Lipinski definition) is 4. The van der Waals surface area contributed by atoms with Gasteiger partial charge in [0.15, 0.2) is 16.4 Å². The van der Waals surface area contributed by atoms with Gasteiger partial charge in [-0.15, -0.1) is 0 Å². The maximum absolute atomic E-state index is 12.6. The molecule has 22 heavy (non-hydrogen) atoms. The van der Waals surface area contributed by atoms with Gasteiger partial charge in [-0.1, -0.05) is 23.2 Å². The maximum atomic E-state index is 12.6. The van der Waals surface area contributed by atoms with Crippen LogP contribution in [0.5, 0.6) is 0 Å². The summed E-state index contributed by atoms with van der Waals surface area (Å²) in [5.41, 5.74) is -0.772. The van der Waals surface area contributed by atoms with Crippen molar-refractivity contribution < 1.29 is 17.6 Å². The van der Waals surface area contributed by atoms with Crippen LogP contribution in [0.2, 0.25) is 10.2 Å². The first-order valence-electron chi connectivity index (χ1n) is 5.69. The molecule has 10 heteroatoms. The normalized spacial score (nSPS) is 12.0. The van der Waals surface area contributed by atoms with E-state index in [0.29, 0.717) is 0 Å². The lowest BCUT2D eigenvalue weighted by molar-refractivity contribution is -0.141. The van der Waals surface area contributed by atoms with Crippen molar-refractivity contribution in [2.45, 2.75) is 6.18 Å². The Balaban J connectivity index is 2.23. The lowest BCUT2D eigenvalue weighted by Crippen LogP contribution is -2.10. The molecule has 0 unspecified atom stereocenters. The zero-order valence-electron chi connectivity index (χ0n) is 10.3. The van der Waals surface area contributed by atoms with E-state index in [2.05, 4.69) is 15.0 Å². The van der Waals surface area contributed by atoms with Crippen molar-refractivity contribution in [3.63, 3.8) is 0 Å². The van der Waals surface area contributed by atoms with Gasteiger partial charge < -0.3 is 4.42 Å². The molecule has 2 aromatic heterocycles. The highest BCUT2D eigenvalue weighted by Gasteiger charge is 2.36. The first-order valence-corrected chi connectivity index (χ1v) is 6.44. The molecule has 0 saturated heterocycles. The van der Waals surface area contributed by atoms with Crippen molar-refractivity contribution in [3.8, 4) is 11.3 Å². The third-order valence-electron chi connectivity index (χ3n) is 2.80. The Morgan fingerprint density at radius 3 is 2.59 bits per heavy atom. The molecular formula is C12H4Cl2F3N3O2. The average molecular weight is 350 g/mol. The Morgan fingerprint density at radius 2 is 1.95 bits per heavy atom. The Kier molecular flexibility index (Phi) is 3.37. The summed E-state index contributed by atoms with van der Waals surface area (Å²) >= 11 is 11.4. The smallest absolute Gasteiger partial charge is 0.407 e. The Morgan fingerprint density at radius 1 is 1.23 bits per heavy atom. The SMILES string of the molecule is O=c1[nH]c2c(Cl)ccc(-c3cnc(C(F)(F)F)c(Cl)n3)c2o1. The molecular weight excluding hydrogens is 346 g/mol. The standard InChI is InChI=1S/C12H4Cl2F3N3O2/c13-5-2-1-4(8-7(5)20-11(21)22-8)6-3-18-9(10(14)19-6)12(15,16)17/h1-3H,(H,20,21). The largest absolute Gasteiger partial charge is 0.436 e. The fraction of sp³-hybridized carbons (Fsp3) is 0.0833. The zero-order valence-corrected chi connectivity index (χ0v) is 11.8. The number of H-pyrrole nitrogens is 1. The summed E-state index contributed by atoms with van der Waals surface area (Å²) in [5.74, 6) is -0.754. The summed E-state index contributed by atoms with van der Waals surface area (Å²) in [7, 11) is 0. The number of alkyl halides is 3. The lowest BCUT2D eigenvalue weighted by Gasteiger charge is -2.08. The molecule has 3 rings (SSSR count). The summed E-state index contributed by atoms with van der Waals surface area (Å²) in [6.07, 6.45) is -3.82. The van der Waals surface area contributed by atoms with Crippen LogP contribution < -0.4 is 5.76 Å². The minimum atomic E-state index is -4.71. The third kappa shape index (κ3) is 2.44. The van der Waals surface area contributed by atoms with Crippen LogP contribution in [-0.4, -0.2) is 15.0 Å². The van der Waals surface area contributed by atoms with Gasteiger partial charge in [-0.2, -0.15) is 13.2 Å². The lowest BCUT2D eigenvalue weighted by atomic mass is 10.1. The molecule has 0 spiro atoms. The van der Waals surface area contributed by atoms with Gasteiger partial charge in [0, 0.05) is 5.56 Å². The van der Waals surface area contributed by atoms with Crippen molar-refractivity contribution in [1.82, 2.24) is 15.0 Å². The fourth-order valence-electron chi connectivity index (χ4n) is 1.89. The number of nitrogens with one attached hydrogen (secondary N) is 1. The van der Waals surface area contributed by atoms with E-state index in [4.69, 9.17) is 27.6 Å². The van der Waals surface area contributed by atoms with Gasteiger partial charge in [0.2, 0.25) is 0 Å². The number of rotatable bonds is 1. The second kappa shape index (κ2) is 4.99. The van der Waals surface area contributed by atoms with E-state index in [1.54, 1.807) is 0 Å². The van der Waals surface area contributed by atoms with Crippen LogP contribution in [0.15, 0.2) is 27.5 Å². The number of halogens is 5. The molecule has 0 saturated carbocycles. The highest BCUT2D eigenvalue weighted by atomic mass is 35.5. The summed E-state index contributed by atoms with van der Waals surface area (Å²) in [4.78, 5) is 20.6. The van der Waals surface area contributed by atoms with E-state index in [1.165, 1.54) is 12.1 Å². The quantitative estimate of drug-likeness (QED) is 0.723. The molecule has 0 fully saturated rings. The van der Waals surface area contributed by atoms with E-state index in [0.717, 1.165) is 6.20 Å². The van der Waals surface area contributed by atoms with Gasteiger partial charge in [-0.05, 0) is 12.1 Å². The molecule has 0 aliphatic carbocycles. The summed E-state index contributed by atoms with van der Waals surface area (Å²) < 4.78 is 42.8. The van der Waals surface area contributed by atoms with Gasteiger partial charge in [0.05, 0.1) is 16.9 Å². The molecule has 2 heterocycles. The minimum absolute atomic E-state index is 0.0161. The van der Waals surface area contributed by atoms with Gasteiger partial charge in [-0.3, -0.25) is 4.98 Å². The van der Waals surface area contributed by atoms with E-state index >= 15 is 0 Å². The molecule has 5 nitrogen and oxygen atoms in total. The minimum Gasteiger partial charge on any atom is -0.407 e. The van der Waals surface area contributed by atoms with E-state index in [1.807, 2.05) is 0 Å². The molecule has 1 N–H and O–H groups in total. The summed E-state index contributed by atoms with van der Waals surface area (Å²) in [6.45, 7) is 0. The first-order chi connectivity index (χ1) is 10.3. The van der Waals surface area contributed by atoms with Crippen molar-refractivity contribution >= 4 is 34.3 Å². The average Bonchev–Trinajstić information content (AvgIpc) is 2.80. The number of aromatic nitrogens is 3. The number of nitrogens with zero attached hydrogens (tertiary/aromatic N) is 2. The van der Waals surface area contributed by atoms with Gasteiger partial charge in [0.25, 0.3) is 0 Å². The first kappa shape index (κ1) is 14.9. The monoisotopic (exact) mass is 349 g/mol. The Bertz CT molecular complexity index is 933. The van der Waals surface area contributed by atoms with Crippen LogP contribution in [0, 0.1) is 0 Å².